The zero-order valence-corrected chi connectivity index (χ0v) is 11.8. The summed E-state index contributed by atoms with van der Waals surface area (Å²) < 4.78 is 1.75. The molecule has 2 nitrogen and oxygen atoms in total. The van der Waals surface area contributed by atoms with Crippen LogP contribution < -0.4 is 5.56 Å². The van der Waals surface area contributed by atoms with Crippen molar-refractivity contribution in [1.29, 1.82) is 0 Å². The lowest BCUT2D eigenvalue weighted by Gasteiger charge is -2.22. The van der Waals surface area contributed by atoms with Crippen LogP contribution in [0, 0.1) is 0 Å². The number of hydrogen-bond acceptors (Lipinski definition) is 1. The molecule has 0 saturated heterocycles. The Labute approximate surface area is 120 Å². The lowest BCUT2D eigenvalue weighted by molar-refractivity contribution is 0.443. The van der Waals surface area contributed by atoms with Gasteiger partial charge in [-0.05, 0) is 36.0 Å². The average Bonchev–Trinajstić information content (AvgIpc) is 2.51. The van der Waals surface area contributed by atoms with Gasteiger partial charge in [0.1, 0.15) is 0 Å². The predicted octanol–water partition coefficient (Wildman–Crippen LogP) is 3.94. The SMILES string of the molecule is O=c1ccccn1Cc1ccc(C2CCCCC2)cc1. The summed E-state index contributed by atoms with van der Waals surface area (Å²) in [6, 6.07) is 14.1. The van der Waals surface area contributed by atoms with Gasteiger partial charge in [-0.2, -0.15) is 0 Å². The Morgan fingerprint density at radius 2 is 1.70 bits per heavy atom. The fourth-order valence-electron chi connectivity index (χ4n) is 3.12. The second-order valence-electron chi connectivity index (χ2n) is 5.74. The molecule has 1 aromatic carbocycles. The molecule has 20 heavy (non-hydrogen) atoms. The first-order chi connectivity index (χ1) is 9.83. The van der Waals surface area contributed by atoms with E-state index in [9.17, 15) is 4.79 Å². The van der Waals surface area contributed by atoms with Crippen molar-refractivity contribution < 1.29 is 0 Å². The van der Waals surface area contributed by atoms with Gasteiger partial charge in [0.15, 0.2) is 0 Å². The highest BCUT2D eigenvalue weighted by atomic mass is 16.1. The summed E-state index contributed by atoms with van der Waals surface area (Å²) in [5.74, 6) is 0.747. The maximum Gasteiger partial charge on any atom is 0.250 e. The van der Waals surface area contributed by atoms with E-state index in [-0.39, 0.29) is 5.56 Å². The highest BCUT2D eigenvalue weighted by molar-refractivity contribution is 5.26. The first-order valence-corrected chi connectivity index (χ1v) is 7.57. The van der Waals surface area contributed by atoms with Gasteiger partial charge < -0.3 is 4.57 Å². The van der Waals surface area contributed by atoms with Gasteiger partial charge in [0.2, 0.25) is 0 Å². The minimum atomic E-state index is 0.0591. The highest BCUT2D eigenvalue weighted by Gasteiger charge is 2.14. The van der Waals surface area contributed by atoms with Gasteiger partial charge in [0, 0.05) is 12.3 Å². The van der Waals surface area contributed by atoms with Crippen LogP contribution in [0.3, 0.4) is 0 Å². The van der Waals surface area contributed by atoms with Gasteiger partial charge >= 0.3 is 0 Å². The average molecular weight is 267 g/mol. The molecule has 104 valence electrons. The van der Waals surface area contributed by atoms with Crippen molar-refractivity contribution in [2.24, 2.45) is 0 Å². The van der Waals surface area contributed by atoms with Crippen molar-refractivity contribution in [3.63, 3.8) is 0 Å². The van der Waals surface area contributed by atoms with Crippen molar-refractivity contribution in [3.8, 4) is 0 Å². The van der Waals surface area contributed by atoms with E-state index in [1.807, 2.05) is 12.3 Å². The molecule has 2 aromatic rings. The highest BCUT2D eigenvalue weighted by Crippen LogP contribution is 2.32. The van der Waals surface area contributed by atoms with E-state index in [0.717, 1.165) is 5.92 Å². The number of nitrogens with zero attached hydrogens (tertiary/aromatic N) is 1. The monoisotopic (exact) mass is 267 g/mol. The van der Waals surface area contributed by atoms with Crippen LogP contribution in [0.25, 0.3) is 0 Å². The molecule has 0 amide bonds. The largest absolute Gasteiger partial charge is 0.311 e. The van der Waals surface area contributed by atoms with Crippen LogP contribution >= 0.6 is 0 Å². The molecular weight excluding hydrogens is 246 g/mol. The molecule has 1 heterocycles. The number of aromatic nitrogens is 1. The maximum absolute atomic E-state index is 11.7. The van der Waals surface area contributed by atoms with E-state index >= 15 is 0 Å². The Hall–Kier alpha value is -1.83. The minimum absolute atomic E-state index is 0.0591. The molecule has 1 aliphatic carbocycles. The Morgan fingerprint density at radius 3 is 2.40 bits per heavy atom. The fourth-order valence-corrected chi connectivity index (χ4v) is 3.12. The summed E-state index contributed by atoms with van der Waals surface area (Å²) >= 11 is 0. The standard InChI is InChI=1S/C18H21NO/c20-18-8-4-5-13-19(18)14-15-9-11-17(12-10-15)16-6-2-1-3-7-16/h4-5,8-13,16H,1-3,6-7,14H2. The summed E-state index contributed by atoms with van der Waals surface area (Å²) in [6.07, 6.45) is 8.63. The van der Waals surface area contributed by atoms with Gasteiger partial charge in [-0.25, -0.2) is 0 Å². The smallest absolute Gasteiger partial charge is 0.250 e. The summed E-state index contributed by atoms with van der Waals surface area (Å²) in [6.45, 7) is 0.657. The molecule has 0 radical (unpaired) electrons. The normalized spacial score (nSPS) is 16.2. The third-order valence-corrected chi connectivity index (χ3v) is 4.31. The third-order valence-electron chi connectivity index (χ3n) is 4.31. The molecule has 1 aromatic heterocycles. The number of hydrogen-bond donors (Lipinski definition) is 0. The Bertz CT molecular complexity index is 606. The second kappa shape index (κ2) is 6.08. The molecule has 0 unspecified atom stereocenters. The molecule has 0 N–H and O–H groups in total. The number of rotatable bonds is 3. The maximum atomic E-state index is 11.7. The summed E-state index contributed by atoms with van der Waals surface area (Å²) in [5.41, 5.74) is 2.72. The lowest BCUT2D eigenvalue weighted by atomic mass is 9.84. The van der Waals surface area contributed by atoms with Gasteiger partial charge in [-0.1, -0.05) is 49.6 Å². The quantitative estimate of drug-likeness (QED) is 0.825. The number of benzene rings is 1. The predicted molar refractivity (Wildman–Crippen MR) is 82.1 cm³/mol. The summed E-state index contributed by atoms with van der Waals surface area (Å²) in [7, 11) is 0. The van der Waals surface area contributed by atoms with Crippen molar-refractivity contribution in [3.05, 3.63) is 70.1 Å². The zero-order valence-electron chi connectivity index (χ0n) is 11.8. The molecular formula is C18H21NO. The molecule has 1 fully saturated rings. The Balaban J connectivity index is 1.73. The molecule has 1 saturated carbocycles. The van der Waals surface area contributed by atoms with Crippen LogP contribution in [0.4, 0.5) is 0 Å². The molecule has 0 atom stereocenters. The van der Waals surface area contributed by atoms with Crippen LogP contribution in [-0.4, -0.2) is 4.57 Å². The van der Waals surface area contributed by atoms with E-state index in [2.05, 4.69) is 24.3 Å². The van der Waals surface area contributed by atoms with E-state index in [4.69, 9.17) is 0 Å². The van der Waals surface area contributed by atoms with E-state index < -0.39 is 0 Å². The molecule has 0 spiro atoms. The van der Waals surface area contributed by atoms with Crippen molar-refractivity contribution in [1.82, 2.24) is 4.57 Å². The van der Waals surface area contributed by atoms with Crippen molar-refractivity contribution in [2.75, 3.05) is 0 Å². The molecule has 2 heteroatoms. The minimum Gasteiger partial charge on any atom is -0.311 e. The fraction of sp³-hybridized carbons (Fsp3) is 0.389. The lowest BCUT2D eigenvalue weighted by Crippen LogP contribution is -2.18. The zero-order chi connectivity index (χ0) is 13.8. The van der Waals surface area contributed by atoms with Crippen molar-refractivity contribution in [2.45, 2.75) is 44.6 Å². The first kappa shape index (κ1) is 13.2. The number of pyridine rings is 1. The van der Waals surface area contributed by atoms with Gasteiger partial charge in [-0.15, -0.1) is 0 Å². The summed E-state index contributed by atoms with van der Waals surface area (Å²) in [5, 5.41) is 0. The van der Waals surface area contributed by atoms with Crippen LogP contribution in [0.15, 0.2) is 53.5 Å². The van der Waals surface area contributed by atoms with Crippen molar-refractivity contribution >= 4 is 0 Å². The molecule has 1 aliphatic rings. The Morgan fingerprint density at radius 1 is 0.950 bits per heavy atom. The molecule has 0 bridgehead atoms. The van der Waals surface area contributed by atoms with Crippen LogP contribution in [-0.2, 0) is 6.54 Å². The summed E-state index contributed by atoms with van der Waals surface area (Å²) in [4.78, 5) is 11.7. The van der Waals surface area contributed by atoms with E-state index in [1.54, 1.807) is 16.7 Å². The van der Waals surface area contributed by atoms with Gasteiger partial charge in [0.25, 0.3) is 5.56 Å². The Kier molecular flexibility index (Phi) is 4.00. The topological polar surface area (TPSA) is 22.0 Å². The third kappa shape index (κ3) is 3.01. The van der Waals surface area contributed by atoms with E-state index in [0.29, 0.717) is 6.54 Å². The van der Waals surface area contributed by atoms with Crippen LogP contribution in [0.2, 0.25) is 0 Å². The van der Waals surface area contributed by atoms with E-state index in [1.165, 1.54) is 43.2 Å². The molecule has 3 rings (SSSR count). The van der Waals surface area contributed by atoms with Crippen LogP contribution in [0.1, 0.15) is 49.1 Å². The second-order valence-corrected chi connectivity index (χ2v) is 5.74. The first-order valence-electron chi connectivity index (χ1n) is 7.57. The van der Waals surface area contributed by atoms with Gasteiger partial charge in [0.05, 0.1) is 6.54 Å². The van der Waals surface area contributed by atoms with Gasteiger partial charge in [-0.3, -0.25) is 4.79 Å². The van der Waals surface area contributed by atoms with Crippen LogP contribution in [0.5, 0.6) is 0 Å². The molecule has 0 aliphatic heterocycles.